The molecule has 3 atom stereocenters. The van der Waals surface area contributed by atoms with E-state index in [2.05, 4.69) is 25.3 Å². The Bertz CT molecular complexity index is 1310. The quantitative estimate of drug-likeness (QED) is 0.535. The molecule has 36 heavy (non-hydrogen) atoms. The number of hydrogen-bond acceptors (Lipinski definition) is 7. The lowest BCUT2D eigenvalue weighted by Crippen LogP contribution is -2.45. The molecule has 1 aliphatic rings. The number of nitrogens with one attached hydrogen (secondary N) is 1. The Labute approximate surface area is 207 Å². The molecule has 0 aromatic carbocycles. The molecule has 1 unspecified atom stereocenters. The molecule has 3 aromatic heterocycles. The average Bonchev–Trinajstić information content (AvgIpc) is 3.28. The highest BCUT2D eigenvalue weighted by Gasteiger charge is 2.39. The van der Waals surface area contributed by atoms with Crippen LogP contribution in [0.4, 0.5) is 13.2 Å². The maximum Gasteiger partial charge on any atom is 0.451 e. The van der Waals surface area contributed by atoms with Crippen molar-refractivity contribution < 1.29 is 22.2 Å². The van der Waals surface area contributed by atoms with Crippen LogP contribution >= 0.6 is 0 Å². The van der Waals surface area contributed by atoms with Gasteiger partial charge in [-0.1, -0.05) is 0 Å². The van der Waals surface area contributed by atoms with Crippen LogP contribution in [0.2, 0.25) is 0 Å². The fraction of sp³-hybridized carbons (Fsp3) is 0.304. The van der Waals surface area contributed by atoms with E-state index >= 15 is 0 Å². The number of nitriles is 1. The summed E-state index contributed by atoms with van der Waals surface area (Å²) in [7, 11) is -1.64. The largest absolute Gasteiger partial charge is 0.451 e. The van der Waals surface area contributed by atoms with Crippen molar-refractivity contribution in [3.05, 3.63) is 66.1 Å². The van der Waals surface area contributed by atoms with Gasteiger partial charge in [-0.2, -0.15) is 18.4 Å². The van der Waals surface area contributed by atoms with E-state index in [-0.39, 0.29) is 24.2 Å². The van der Waals surface area contributed by atoms with Crippen LogP contribution in [-0.4, -0.2) is 46.4 Å². The van der Waals surface area contributed by atoms with E-state index in [9.17, 15) is 22.2 Å². The van der Waals surface area contributed by atoms with E-state index in [0.717, 1.165) is 12.4 Å². The summed E-state index contributed by atoms with van der Waals surface area (Å²) in [6.07, 6.45) is 1.51. The van der Waals surface area contributed by atoms with Gasteiger partial charge in [0.1, 0.15) is 28.8 Å². The van der Waals surface area contributed by atoms with Gasteiger partial charge in [0.15, 0.2) is 0 Å². The van der Waals surface area contributed by atoms with Crippen molar-refractivity contribution in [2.24, 2.45) is 0 Å². The fourth-order valence-electron chi connectivity index (χ4n) is 3.81. The minimum Gasteiger partial charge on any atom is -0.351 e. The minimum absolute atomic E-state index is 0.107. The van der Waals surface area contributed by atoms with Crippen molar-refractivity contribution >= 4 is 16.9 Å². The maximum atomic E-state index is 13.2. The molecular formula is C23H20F3N7O2S. The van der Waals surface area contributed by atoms with Gasteiger partial charge >= 0.3 is 6.18 Å². The molecule has 9 nitrogen and oxygen atoms in total. The second kappa shape index (κ2) is 10.5. The first-order chi connectivity index (χ1) is 17.2. The van der Waals surface area contributed by atoms with Crippen LogP contribution in [0.3, 0.4) is 0 Å². The van der Waals surface area contributed by atoms with Crippen molar-refractivity contribution in [2.75, 3.05) is 0 Å². The lowest BCUT2D eigenvalue weighted by atomic mass is 10.1. The Morgan fingerprint density at radius 3 is 2.56 bits per heavy atom. The smallest absolute Gasteiger partial charge is 0.351 e. The van der Waals surface area contributed by atoms with Gasteiger partial charge in [0, 0.05) is 42.9 Å². The molecule has 1 amide bonds. The van der Waals surface area contributed by atoms with Gasteiger partial charge in [-0.05, 0) is 49.6 Å². The molecular weight excluding hydrogens is 495 g/mol. The Morgan fingerprint density at radius 1 is 1.17 bits per heavy atom. The van der Waals surface area contributed by atoms with Crippen LogP contribution in [0.5, 0.6) is 0 Å². The van der Waals surface area contributed by atoms with Gasteiger partial charge in [0.05, 0.1) is 10.6 Å². The monoisotopic (exact) mass is 515 g/mol. The van der Waals surface area contributed by atoms with Crippen molar-refractivity contribution in [3.63, 3.8) is 0 Å². The Morgan fingerprint density at radius 2 is 1.92 bits per heavy atom. The Hall–Kier alpha value is -3.76. The molecule has 1 fully saturated rings. The molecule has 1 N–H and O–H groups in total. The normalized spacial score (nSPS) is 19.0. The van der Waals surface area contributed by atoms with Gasteiger partial charge in [0.2, 0.25) is 11.7 Å². The lowest BCUT2D eigenvalue weighted by molar-refractivity contribution is -0.145. The zero-order valence-electron chi connectivity index (χ0n) is 18.9. The number of alkyl halides is 3. The lowest BCUT2D eigenvalue weighted by Gasteiger charge is -2.26. The summed E-state index contributed by atoms with van der Waals surface area (Å²) in [6, 6.07) is 7.51. The first-order valence-electron chi connectivity index (χ1n) is 10.9. The molecule has 0 aliphatic carbocycles. The number of rotatable bonds is 6. The highest BCUT2D eigenvalue weighted by molar-refractivity contribution is 7.82. The first-order valence-corrected chi connectivity index (χ1v) is 12.0. The summed E-state index contributed by atoms with van der Waals surface area (Å²) in [4.78, 5) is 28.2. The van der Waals surface area contributed by atoms with Crippen LogP contribution in [0.1, 0.15) is 36.8 Å². The third-order valence-electron chi connectivity index (χ3n) is 5.64. The zero-order chi connectivity index (χ0) is 25.9. The summed E-state index contributed by atoms with van der Waals surface area (Å²) < 4.78 is 52.9. The number of carbonyl (C=O) groups excluding carboxylic acids is 1. The molecule has 1 saturated heterocycles. The summed E-state index contributed by atoms with van der Waals surface area (Å²) in [5.41, 5.74) is 1.54. The average molecular weight is 516 g/mol. The summed E-state index contributed by atoms with van der Waals surface area (Å²) >= 11 is 0. The van der Waals surface area contributed by atoms with E-state index in [1.165, 1.54) is 18.5 Å². The standard InChI is InChI=1S/C23H20F3N7O2S/c1-14-2-5-20(33(14)36(35)18-4-3-17(9-27)29-13-18)21(34)30-10-15-6-7-28-19(8-15)16-11-31-22(32-12-16)23(24,25)26/h3-4,6-8,11-14,20H,2,5,10H2,1H3,(H,30,34)/t14-,20-,36?/m0/s1. The highest BCUT2D eigenvalue weighted by Crippen LogP contribution is 2.29. The molecule has 0 bridgehead atoms. The molecule has 4 rings (SSSR count). The molecule has 0 radical (unpaired) electrons. The number of amides is 1. The predicted molar refractivity (Wildman–Crippen MR) is 122 cm³/mol. The van der Waals surface area contributed by atoms with Crippen LogP contribution in [0.15, 0.2) is 53.9 Å². The summed E-state index contributed by atoms with van der Waals surface area (Å²) in [5, 5.41) is 11.8. The van der Waals surface area contributed by atoms with Gasteiger partial charge in [-0.3, -0.25) is 9.78 Å². The van der Waals surface area contributed by atoms with Crippen LogP contribution < -0.4 is 5.32 Å². The number of pyridine rings is 2. The molecule has 3 aromatic rings. The number of hydrogen-bond donors (Lipinski definition) is 1. The number of aromatic nitrogens is 4. The molecule has 186 valence electrons. The number of nitrogens with zero attached hydrogens (tertiary/aromatic N) is 6. The summed E-state index contributed by atoms with van der Waals surface area (Å²) in [5.74, 6) is -1.54. The zero-order valence-corrected chi connectivity index (χ0v) is 19.8. The molecule has 4 heterocycles. The fourth-order valence-corrected chi connectivity index (χ4v) is 5.25. The van der Waals surface area contributed by atoms with Crippen molar-refractivity contribution in [2.45, 2.75) is 49.5 Å². The topological polar surface area (TPSA) is 125 Å². The van der Waals surface area contributed by atoms with Gasteiger partial charge < -0.3 is 5.32 Å². The number of halogens is 3. The van der Waals surface area contributed by atoms with Crippen molar-refractivity contribution in [1.82, 2.24) is 29.6 Å². The predicted octanol–water partition coefficient (Wildman–Crippen LogP) is 3.02. The second-order valence-electron chi connectivity index (χ2n) is 8.10. The van der Waals surface area contributed by atoms with Gasteiger partial charge in [-0.15, -0.1) is 0 Å². The van der Waals surface area contributed by atoms with E-state index < -0.39 is 29.0 Å². The maximum absolute atomic E-state index is 13.2. The summed E-state index contributed by atoms with van der Waals surface area (Å²) in [6.45, 7) is 2.03. The highest BCUT2D eigenvalue weighted by atomic mass is 32.2. The van der Waals surface area contributed by atoms with Crippen LogP contribution in [0.25, 0.3) is 11.3 Å². The first kappa shape index (κ1) is 25.3. The van der Waals surface area contributed by atoms with Gasteiger partial charge in [0.25, 0.3) is 0 Å². The van der Waals surface area contributed by atoms with E-state index in [1.807, 2.05) is 13.0 Å². The van der Waals surface area contributed by atoms with E-state index in [4.69, 9.17) is 5.26 Å². The third-order valence-corrected chi connectivity index (χ3v) is 7.28. The molecule has 1 aliphatic heterocycles. The Balaban J connectivity index is 1.43. The van der Waals surface area contributed by atoms with Crippen molar-refractivity contribution in [3.8, 4) is 17.3 Å². The van der Waals surface area contributed by atoms with Crippen LogP contribution in [-0.2, 0) is 28.5 Å². The number of carbonyl (C=O) groups is 1. The second-order valence-corrected chi connectivity index (χ2v) is 9.49. The third kappa shape index (κ3) is 5.55. The van der Waals surface area contributed by atoms with Gasteiger partial charge in [-0.25, -0.2) is 23.5 Å². The SMILES string of the molecule is C[C@H]1CC[C@@H](C(=O)NCc2ccnc(-c3cnc(C(F)(F)F)nc3)c2)N1S(=O)c1ccc(C#N)nc1. The van der Waals surface area contributed by atoms with Crippen molar-refractivity contribution in [1.29, 1.82) is 5.26 Å². The van der Waals surface area contributed by atoms with E-state index in [1.54, 1.807) is 22.5 Å². The van der Waals surface area contributed by atoms with E-state index in [0.29, 0.717) is 34.6 Å². The molecule has 13 heteroatoms. The van der Waals surface area contributed by atoms with Crippen LogP contribution in [0, 0.1) is 11.3 Å². The Kier molecular flexibility index (Phi) is 7.37. The minimum atomic E-state index is -4.63. The molecule has 0 spiro atoms. The molecule has 0 saturated carbocycles.